The van der Waals surface area contributed by atoms with E-state index in [2.05, 4.69) is 29.7 Å². The van der Waals surface area contributed by atoms with Crippen LogP contribution in [0.1, 0.15) is 25.3 Å². The maximum absolute atomic E-state index is 4.57. The van der Waals surface area contributed by atoms with Crippen LogP contribution in [0, 0.1) is 6.20 Å². The van der Waals surface area contributed by atoms with Gasteiger partial charge in [-0.15, -0.1) is 0 Å². The maximum Gasteiger partial charge on any atom is 0 e. The summed E-state index contributed by atoms with van der Waals surface area (Å²) in [5, 5.41) is 3.44. The van der Waals surface area contributed by atoms with Crippen molar-refractivity contribution in [2.75, 3.05) is 0 Å². The molecule has 1 aromatic rings. The van der Waals surface area contributed by atoms with Crippen molar-refractivity contribution in [2.45, 2.75) is 19.8 Å². The summed E-state index contributed by atoms with van der Waals surface area (Å²) >= 11 is 0. The van der Waals surface area contributed by atoms with Crippen molar-refractivity contribution in [1.82, 2.24) is 5.16 Å². The van der Waals surface area contributed by atoms with Crippen molar-refractivity contribution in [3.05, 3.63) is 18.0 Å². The fourth-order valence-electron chi connectivity index (χ4n) is 0.454. The molecule has 0 spiro atoms. The monoisotopic (exact) mass is 297 g/mol. The summed E-state index contributed by atoms with van der Waals surface area (Å²) in [6, 6.07) is 0. The summed E-state index contributed by atoms with van der Waals surface area (Å²) in [6.45, 7) is 4.14. The van der Waals surface area contributed by atoms with Gasteiger partial charge >= 0.3 is 0 Å². The van der Waals surface area contributed by atoms with Crippen LogP contribution in [-0.2, 0) is 20.4 Å². The smallest absolute Gasteiger partial charge is 0 e. The molecule has 51 valence electrons. The number of aromatic nitrogens is 1. The van der Waals surface area contributed by atoms with Gasteiger partial charge in [-0.3, -0.25) is 0 Å². The van der Waals surface area contributed by atoms with E-state index in [-0.39, 0.29) is 20.4 Å². The van der Waals surface area contributed by atoms with E-state index in [1.165, 1.54) is 0 Å². The van der Waals surface area contributed by atoms with Crippen LogP contribution in [0.15, 0.2) is 10.8 Å². The van der Waals surface area contributed by atoms with E-state index in [9.17, 15) is 0 Å². The molecule has 0 aliphatic heterocycles. The Bertz CT molecular complexity index is 148. The molecule has 0 saturated carbocycles. The van der Waals surface area contributed by atoms with E-state index in [1.54, 1.807) is 6.26 Å². The Kier molecular flexibility index (Phi) is 3.76. The van der Waals surface area contributed by atoms with Crippen LogP contribution in [0.2, 0.25) is 0 Å². The molecule has 0 atom stereocenters. The molecule has 0 aliphatic carbocycles. The second-order valence-corrected chi connectivity index (χ2v) is 2.04. The zero-order valence-electron chi connectivity index (χ0n) is 5.39. The number of rotatable bonds is 1. The first-order chi connectivity index (χ1) is 3.80. The van der Waals surface area contributed by atoms with Gasteiger partial charge in [-0.25, -0.2) is 5.16 Å². The van der Waals surface area contributed by atoms with Gasteiger partial charge in [-0.05, 0) is 6.26 Å². The average molecular weight is 296 g/mol. The van der Waals surface area contributed by atoms with E-state index in [0.29, 0.717) is 5.92 Å². The van der Waals surface area contributed by atoms with Crippen molar-refractivity contribution in [2.24, 2.45) is 0 Å². The second-order valence-electron chi connectivity index (χ2n) is 2.04. The molecule has 1 aromatic heterocycles. The Morgan fingerprint density at radius 1 is 1.67 bits per heavy atom. The van der Waals surface area contributed by atoms with Crippen molar-refractivity contribution in [3.8, 4) is 0 Å². The summed E-state index contributed by atoms with van der Waals surface area (Å²) in [5.74, 6) is 0.473. The van der Waals surface area contributed by atoms with E-state index in [1.807, 2.05) is 0 Å². The molecular formula is C6H8NORe-. The Morgan fingerprint density at radius 3 is 2.56 bits per heavy atom. The predicted octanol–water partition coefficient (Wildman–Crippen LogP) is 1.60. The molecule has 0 saturated heterocycles. The summed E-state index contributed by atoms with van der Waals surface area (Å²) in [4.78, 5) is 0. The SMILES string of the molecule is CC(C)c1[c-]noc1.[Re]. The minimum atomic E-state index is 0. The summed E-state index contributed by atoms with van der Waals surface area (Å²) in [5.41, 5.74) is 1.03. The van der Waals surface area contributed by atoms with E-state index in [4.69, 9.17) is 0 Å². The van der Waals surface area contributed by atoms with Crippen molar-refractivity contribution in [1.29, 1.82) is 0 Å². The van der Waals surface area contributed by atoms with Crippen LogP contribution in [-0.4, -0.2) is 5.16 Å². The van der Waals surface area contributed by atoms with Crippen LogP contribution < -0.4 is 0 Å². The van der Waals surface area contributed by atoms with Crippen LogP contribution in [0.4, 0.5) is 0 Å². The van der Waals surface area contributed by atoms with Crippen molar-refractivity contribution >= 4 is 0 Å². The standard InChI is InChI=1S/C6H8NO.Re/c1-5(2)6-3-7-8-4-6;/h4-5H,1-2H3;/q-1;. The maximum atomic E-state index is 4.57. The van der Waals surface area contributed by atoms with Gasteiger partial charge in [0.1, 0.15) is 0 Å². The normalized spacial score (nSPS) is 9.22. The van der Waals surface area contributed by atoms with Crippen molar-refractivity contribution < 1.29 is 24.9 Å². The Morgan fingerprint density at radius 2 is 2.33 bits per heavy atom. The third-order valence-electron chi connectivity index (χ3n) is 1.03. The van der Waals surface area contributed by atoms with Gasteiger partial charge in [0.2, 0.25) is 0 Å². The van der Waals surface area contributed by atoms with Crippen LogP contribution in [0.5, 0.6) is 0 Å². The largest absolute Gasteiger partial charge is 0.473 e. The fraction of sp³-hybridized carbons (Fsp3) is 0.500. The third-order valence-corrected chi connectivity index (χ3v) is 1.03. The number of hydrogen-bond acceptors (Lipinski definition) is 2. The first-order valence-electron chi connectivity index (χ1n) is 2.62. The van der Waals surface area contributed by atoms with Crippen molar-refractivity contribution in [3.63, 3.8) is 0 Å². The Labute approximate surface area is 68.3 Å². The van der Waals surface area contributed by atoms with Gasteiger partial charge in [0.25, 0.3) is 0 Å². The molecule has 0 N–H and O–H groups in total. The molecule has 0 aromatic carbocycles. The van der Waals surface area contributed by atoms with E-state index in [0.717, 1.165) is 5.56 Å². The first kappa shape index (κ1) is 8.87. The molecule has 1 radical (unpaired) electrons. The Hall–Kier alpha value is -0.128. The molecule has 0 fully saturated rings. The van der Waals surface area contributed by atoms with Gasteiger partial charge in [-0.2, -0.15) is 5.56 Å². The molecule has 1 heterocycles. The van der Waals surface area contributed by atoms with Gasteiger partial charge in [0, 0.05) is 20.4 Å². The van der Waals surface area contributed by atoms with Crippen LogP contribution in [0.3, 0.4) is 0 Å². The number of hydrogen-bond donors (Lipinski definition) is 0. The number of nitrogens with zero attached hydrogens (tertiary/aromatic N) is 1. The minimum absolute atomic E-state index is 0. The van der Waals surface area contributed by atoms with E-state index < -0.39 is 0 Å². The second kappa shape index (κ2) is 3.81. The molecule has 0 unspecified atom stereocenters. The van der Waals surface area contributed by atoms with Gasteiger partial charge in [0.05, 0.1) is 0 Å². The molecule has 2 nitrogen and oxygen atoms in total. The van der Waals surface area contributed by atoms with Gasteiger partial charge in [-0.1, -0.05) is 26.0 Å². The summed E-state index contributed by atoms with van der Waals surface area (Å²) in [6.07, 6.45) is 4.34. The third kappa shape index (κ3) is 2.30. The molecule has 0 aliphatic rings. The molecule has 3 heteroatoms. The zero-order chi connectivity index (χ0) is 5.98. The first-order valence-corrected chi connectivity index (χ1v) is 2.62. The predicted molar refractivity (Wildman–Crippen MR) is 29.4 cm³/mol. The fourth-order valence-corrected chi connectivity index (χ4v) is 0.454. The molecule has 0 amide bonds. The summed E-state index contributed by atoms with van der Waals surface area (Å²) in [7, 11) is 0. The molecule has 0 bridgehead atoms. The minimum Gasteiger partial charge on any atom is -0.473 e. The zero-order valence-corrected chi connectivity index (χ0v) is 8.10. The van der Waals surface area contributed by atoms with Crippen LogP contribution >= 0.6 is 0 Å². The molecule has 9 heavy (non-hydrogen) atoms. The molecule has 1 rings (SSSR count). The van der Waals surface area contributed by atoms with Crippen LogP contribution in [0.25, 0.3) is 0 Å². The van der Waals surface area contributed by atoms with Gasteiger partial charge < -0.3 is 4.52 Å². The summed E-state index contributed by atoms with van der Waals surface area (Å²) < 4.78 is 4.57. The van der Waals surface area contributed by atoms with E-state index >= 15 is 0 Å². The molecular weight excluding hydrogens is 288 g/mol. The average Bonchev–Trinajstić information content (AvgIpc) is 2.12. The van der Waals surface area contributed by atoms with Gasteiger partial charge in [0.15, 0.2) is 0 Å². The Balaban J connectivity index is 0.000000640. The quantitative estimate of drug-likeness (QED) is 0.736. The topological polar surface area (TPSA) is 26.0 Å².